The lowest BCUT2D eigenvalue weighted by molar-refractivity contribution is -0.146. The SMILES string of the molecule is COCC(=O)N1CC[C@@]2(C)[C@@H]1CCC(=O)N2C. The number of hydrogen-bond acceptors (Lipinski definition) is 3. The number of piperidine rings is 1. The van der Waals surface area contributed by atoms with E-state index in [1.807, 2.05) is 16.8 Å². The van der Waals surface area contributed by atoms with E-state index in [0.717, 1.165) is 19.4 Å². The zero-order valence-electron chi connectivity index (χ0n) is 10.7. The van der Waals surface area contributed by atoms with Gasteiger partial charge in [-0.2, -0.15) is 0 Å². The summed E-state index contributed by atoms with van der Waals surface area (Å²) < 4.78 is 4.90. The molecule has 2 saturated heterocycles. The van der Waals surface area contributed by atoms with Crippen molar-refractivity contribution < 1.29 is 14.3 Å². The molecule has 2 aliphatic rings. The summed E-state index contributed by atoms with van der Waals surface area (Å²) in [7, 11) is 3.38. The molecule has 0 bridgehead atoms. The third-order valence-corrected chi connectivity index (χ3v) is 4.31. The minimum Gasteiger partial charge on any atom is -0.375 e. The van der Waals surface area contributed by atoms with Gasteiger partial charge >= 0.3 is 0 Å². The fourth-order valence-corrected chi connectivity index (χ4v) is 3.08. The Morgan fingerprint density at radius 3 is 2.94 bits per heavy atom. The van der Waals surface area contributed by atoms with Gasteiger partial charge in [0.15, 0.2) is 0 Å². The Balaban J connectivity index is 2.17. The smallest absolute Gasteiger partial charge is 0.248 e. The van der Waals surface area contributed by atoms with Crippen LogP contribution in [0, 0.1) is 0 Å². The van der Waals surface area contributed by atoms with Gasteiger partial charge in [0, 0.05) is 27.1 Å². The molecule has 0 N–H and O–H groups in total. The van der Waals surface area contributed by atoms with Crippen LogP contribution in [0.5, 0.6) is 0 Å². The van der Waals surface area contributed by atoms with E-state index in [0.29, 0.717) is 6.42 Å². The van der Waals surface area contributed by atoms with Crippen molar-refractivity contribution in [2.75, 3.05) is 27.3 Å². The number of ether oxygens (including phenoxy) is 1. The summed E-state index contributed by atoms with van der Waals surface area (Å²) in [5, 5.41) is 0. The van der Waals surface area contributed by atoms with Crippen LogP contribution in [-0.4, -0.2) is 60.5 Å². The summed E-state index contributed by atoms with van der Waals surface area (Å²) in [6.07, 6.45) is 2.16. The Morgan fingerprint density at radius 1 is 1.59 bits per heavy atom. The van der Waals surface area contributed by atoms with Crippen LogP contribution in [0.4, 0.5) is 0 Å². The predicted molar refractivity (Wildman–Crippen MR) is 62.4 cm³/mol. The van der Waals surface area contributed by atoms with Crippen molar-refractivity contribution in [1.29, 1.82) is 0 Å². The first-order chi connectivity index (χ1) is 8.00. The third kappa shape index (κ3) is 1.82. The zero-order valence-corrected chi connectivity index (χ0v) is 10.7. The number of carbonyl (C=O) groups excluding carboxylic acids is 2. The Hall–Kier alpha value is -1.10. The van der Waals surface area contributed by atoms with Gasteiger partial charge < -0.3 is 14.5 Å². The number of methoxy groups -OCH3 is 1. The van der Waals surface area contributed by atoms with Gasteiger partial charge in [0.1, 0.15) is 6.61 Å². The largest absolute Gasteiger partial charge is 0.375 e. The van der Waals surface area contributed by atoms with Crippen LogP contribution in [0.1, 0.15) is 26.2 Å². The lowest BCUT2D eigenvalue weighted by Gasteiger charge is -2.45. The topological polar surface area (TPSA) is 49.9 Å². The minimum absolute atomic E-state index is 0.0315. The van der Waals surface area contributed by atoms with E-state index in [-0.39, 0.29) is 30.0 Å². The fourth-order valence-electron chi connectivity index (χ4n) is 3.08. The monoisotopic (exact) mass is 240 g/mol. The van der Waals surface area contributed by atoms with Crippen molar-refractivity contribution in [2.24, 2.45) is 0 Å². The molecule has 0 aromatic heterocycles. The molecule has 2 aliphatic heterocycles. The van der Waals surface area contributed by atoms with E-state index in [9.17, 15) is 9.59 Å². The highest BCUT2D eigenvalue weighted by atomic mass is 16.5. The van der Waals surface area contributed by atoms with E-state index in [1.165, 1.54) is 7.11 Å². The summed E-state index contributed by atoms with van der Waals surface area (Å²) in [4.78, 5) is 27.4. The first-order valence-corrected chi connectivity index (χ1v) is 6.06. The highest BCUT2D eigenvalue weighted by Gasteiger charge is 2.51. The van der Waals surface area contributed by atoms with Gasteiger partial charge in [0.2, 0.25) is 11.8 Å². The van der Waals surface area contributed by atoms with Crippen LogP contribution in [0.2, 0.25) is 0 Å². The van der Waals surface area contributed by atoms with E-state index >= 15 is 0 Å². The molecule has 2 atom stereocenters. The van der Waals surface area contributed by atoms with Gasteiger partial charge in [0.25, 0.3) is 0 Å². The van der Waals surface area contributed by atoms with Crippen molar-refractivity contribution in [3.8, 4) is 0 Å². The zero-order chi connectivity index (χ0) is 12.6. The van der Waals surface area contributed by atoms with Crippen LogP contribution in [0.15, 0.2) is 0 Å². The molecular formula is C12H20N2O3. The maximum absolute atomic E-state index is 11.9. The van der Waals surface area contributed by atoms with E-state index in [2.05, 4.69) is 6.92 Å². The summed E-state index contributed by atoms with van der Waals surface area (Å²) in [5.41, 5.74) is -0.196. The maximum atomic E-state index is 11.9. The van der Waals surface area contributed by atoms with Gasteiger partial charge in [-0.1, -0.05) is 0 Å². The number of carbonyl (C=O) groups is 2. The molecule has 0 unspecified atom stereocenters. The summed E-state index contributed by atoms with van der Waals surface area (Å²) >= 11 is 0. The highest BCUT2D eigenvalue weighted by Crippen LogP contribution is 2.39. The van der Waals surface area contributed by atoms with Crippen LogP contribution in [0.25, 0.3) is 0 Å². The summed E-state index contributed by atoms with van der Waals surface area (Å²) in [6.45, 7) is 2.93. The van der Waals surface area contributed by atoms with Gasteiger partial charge in [-0.15, -0.1) is 0 Å². The first kappa shape index (κ1) is 12.4. The van der Waals surface area contributed by atoms with E-state index in [1.54, 1.807) is 0 Å². The molecule has 2 amide bonds. The molecule has 0 aromatic carbocycles. The molecule has 0 aliphatic carbocycles. The van der Waals surface area contributed by atoms with Crippen LogP contribution < -0.4 is 0 Å². The number of fused-ring (bicyclic) bond motifs is 1. The number of rotatable bonds is 2. The van der Waals surface area contributed by atoms with Crippen molar-refractivity contribution in [2.45, 2.75) is 37.8 Å². The third-order valence-electron chi connectivity index (χ3n) is 4.31. The van der Waals surface area contributed by atoms with E-state index in [4.69, 9.17) is 4.74 Å². The molecule has 2 rings (SSSR count). The quantitative estimate of drug-likeness (QED) is 0.695. The molecule has 5 heteroatoms. The fraction of sp³-hybridized carbons (Fsp3) is 0.833. The average molecular weight is 240 g/mol. The molecular weight excluding hydrogens is 220 g/mol. The Kier molecular flexibility index (Phi) is 3.12. The lowest BCUT2D eigenvalue weighted by Crippen LogP contribution is -2.59. The molecule has 0 aromatic rings. The highest BCUT2D eigenvalue weighted by molar-refractivity contribution is 5.81. The Morgan fingerprint density at radius 2 is 2.29 bits per heavy atom. The Bertz CT molecular complexity index is 345. The van der Waals surface area contributed by atoms with Gasteiger partial charge in [-0.25, -0.2) is 0 Å². The van der Waals surface area contributed by atoms with Crippen LogP contribution in [-0.2, 0) is 14.3 Å². The molecule has 2 heterocycles. The van der Waals surface area contributed by atoms with Crippen molar-refractivity contribution in [3.63, 3.8) is 0 Å². The minimum atomic E-state index is -0.196. The average Bonchev–Trinajstić information content (AvgIpc) is 2.64. The number of likely N-dealkylation sites (tertiary alicyclic amines) is 2. The normalized spacial score (nSPS) is 32.9. The number of nitrogens with zero attached hydrogens (tertiary/aromatic N) is 2. The van der Waals surface area contributed by atoms with Gasteiger partial charge in [0.05, 0.1) is 11.6 Å². The second-order valence-corrected chi connectivity index (χ2v) is 5.13. The summed E-state index contributed by atoms with van der Waals surface area (Å²) in [5.74, 6) is 0.216. The number of hydrogen-bond donors (Lipinski definition) is 0. The molecule has 96 valence electrons. The molecule has 0 spiro atoms. The number of likely N-dealkylation sites (N-methyl/N-ethyl adjacent to an activating group) is 1. The molecule has 2 fully saturated rings. The lowest BCUT2D eigenvalue weighted by atomic mass is 9.84. The molecule has 5 nitrogen and oxygen atoms in total. The number of amides is 2. The van der Waals surface area contributed by atoms with Crippen molar-refractivity contribution in [1.82, 2.24) is 9.80 Å². The second-order valence-electron chi connectivity index (χ2n) is 5.13. The van der Waals surface area contributed by atoms with Gasteiger partial charge in [-0.05, 0) is 19.8 Å². The first-order valence-electron chi connectivity index (χ1n) is 6.06. The van der Waals surface area contributed by atoms with Crippen molar-refractivity contribution in [3.05, 3.63) is 0 Å². The maximum Gasteiger partial charge on any atom is 0.248 e. The standard InChI is InChI=1S/C12H20N2O3/c1-12-6-7-14(11(16)8-17-3)9(12)4-5-10(15)13(12)2/h9H,4-8H2,1-3H3/t9-,12-/m0/s1. The molecule has 17 heavy (non-hydrogen) atoms. The van der Waals surface area contributed by atoms with Crippen LogP contribution >= 0.6 is 0 Å². The second kappa shape index (κ2) is 4.29. The predicted octanol–water partition coefficient (Wildman–Crippen LogP) is 0.245. The van der Waals surface area contributed by atoms with Crippen molar-refractivity contribution >= 4 is 11.8 Å². The Labute approximate surface area is 102 Å². The summed E-state index contributed by atoms with van der Waals surface area (Å²) in [6, 6.07) is 0.146. The molecule has 0 saturated carbocycles. The molecule has 0 radical (unpaired) electrons. The van der Waals surface area contributed by atoms with E-state index < -0.39 is 0 Å². The van der Waals surface area contributed by atoms with Crippen LogP contribution in [0.3, 0.4) is 0 Å². The van der Waals surface area contributed by atoms with Gasteiger partial charge in [-0.3, -0.25) is 9.59 Å².